The van der Waals surface area contributed by atoms with E-state index < -0.39 is 0 Å². The maximum absolute atomic E-state index is 3.49. The fourth-order valence-electron chi connectivity index (χ4n) is 1.83. The average Bonchev–Trinajstić information content (AvgIpc) is 2.32. The quantitative estimate of drug-likeness (QED) is 0.573. The second kappa shape index (κ2) is 7.96. The highest BCUT2D eigenvalue weighted by molar-refractivity contribution is 7.99. The largest absolute Gasteiger partial charge is 0.316 e. The summed E-state index contributed by atoms with van der Waals surface area (Å²) in [6.07, 6.45) is 1.23. The highest BCUT2D eigenvalue weighted by atomic mass is 32.2. The zero-order valence-corrected chi connectivity index (χ0v) is 13.9. The molecule has 0 radical (unpaired) electrons. The van der Waals surface area contributed by atoms with Crippen molar-refractivity contribution in [3.63, 3.8) is 0 Å². The van der Waals surface area contributed by atoms with Gasteiger partial charge < -0.3 is 5.32 Å². The fourth-order valence-corrected chi connectivity index (χ4v) is 2.68. The van der Waals surface area contributed by atoms with Crippen LogP contribution in [0.5, 0.6) is 0 Å². The molecule has 0 aromatic heterocycles. The summed E-state index contributed by atoms with van der Waals surface area (Å²) in [5, 5.41) is 3.49. The molecule has 0 aliphatic carbocycles. The van der Waals surface area contributed by atoms with Crippen LogP contribution in [0.15, 0.2) is 29.2 Å². The van der Waals surface area contributed by atoms with E-state index in [1.807, 2.05) is 11.8 Å². The molecule has 1 rings (SSSR count). The van der Waals surface area contributed by atoms with E-state index in [1.54, 1.807) is 0 Å². The molecular formula is C17H29NS. The maximum Gasteiger partial charge on any atom is 0.00721 e. The Kier molecular flexibility index (Phi) is 6.95. The van der Waals surface area contributed by atoms with Crippen molar-refractivity contribution in [2.75, 3.05) is 18.8 Å². The summed E-state index contributed by atoms with van der Waals surface area (Å²) >= 11 is 1.96. The number of nitrogens with one attached hydrogen (secondary N) is 1. The third-order valence-corrected chi connectivity index (χ3v) is 4.14. The summed E-state index contributed by atoms with van der Waals surface area (Å²) in [6, 6.07) is 9.04. The first-order valence-electron chi connectivity index (χ1n) is 7.33. The Morgan fingerprint density at radius 2 is 1.74 bits per heavy atom. The van der Waals surface area contributed by atoms with Gasteiger partial charge in [0.15, 0.2) is 0 Å². The minimum Gasteiger partial charge on any atom is -0.316 e. The Labute approximate surface area is 123 Å². The van der Waals surface area contributed by atoms with Gasteiger partial charge in [-0.25, -0.2) is 0 Å². The number of hydrogen-bond donors (Lipinski definition) is 1. The molecule has 0 amide bonds. The van der Waals surface area contributed by atoms with E-state index in [4.69, 9.17) is 0 Å². The van der Waals surface area contributed by atoms with Gasteiger partial charge in [-0.3, -0.25) is 0 Å². The number of rotatable bonds is 7. The predicted molar refractivity (Wildman–Crippen MR) is 88.2 cm³/mol. The molecule has 19 heavy (non-hydrogen) atoms. The van der Waals surface area contributed by atoms with Gasteiger partial charge in [-0.1, -0.05) is 46.8 Å². The lowest BCUT2D eigenvalue weighted by Gasteiger charge is -2.19. The zero-order chi connectivity index (χ0) is 14.3. The lowest BCUT2D eigenvalue weighted by molar-refractivity contribution is 0.552. The van der Waals surface area contributed by atoms with Crippen molar-refractivity contribution in [1.29, 1.82) is 0 Å². The van der Waals surface area contributed by atoms with Crippen LogP contribution in [0.4, 0.5) is 0 Å². The van der Waals surface area contributed by atoms with Crippen LogP contribution in [0.25, 0.3) is 0 Å². The monoisotopic (exact) mass is 279 g/mol. The third kappa shape index (κ3) is 7.03. The molecule has 1 aromatic rings. The Balaban J connectivity index is 2.23. The van der Waals surface area contributed by atoms with Crippen LogP contribution in [0.1, 0.15) is 46.6 Å². The van der Waals surface area contributed by atoms with Gasteiger partial charge in [0.1, 0.15) is 0 Å². The predicted octanol–water partition coefficient (Wildman–Crippen LogP) is 4.71. The summed E-state index contributed by atoms with van der Waals surface area (Å²) in [4.78, 5) is 1.39. The van der Waals surface area contributed by atoms with Crippen LogP contribution in [0, 0.1) is 5.92 Å². The van der Waals surface area contributed by atoms with E-state index in [2.05, 4.69) is 64.2 Å². The smallest absolute Gasteiger partial charge is 0.00721 e. The second-order valence-electron chi connectivity index (χ2n) is 6.57. The lowest BCUT2D eigenvalue weighted by atomic mass is 9.87. The molecule has 1 nitrogen and oxygen atoms in total. The third-order valence-electron chi connectivity index (χ3n) is 3.04. The molecule has 108 valence electrons. The van der Waals surface area contributed by atoms with E-state index in [0.29, 0.717) is 0 Å². The van der Waals surface area contributed by atoms with Crippen LogP contribution in [0.2, 0.25) is 0 Å². The molecule has 2 heteroatoms. The van der Waals surface area contributed by atoms with Crippen molar-refractivity contribution in [2.45, 2.75) is 51.3 Å². The van der Waals surface area contributed by atoms with E-state index in [1.165, 1.54) is 22.6 Å². The van der Waals surface area contributed by atoms with Gasteiger partial charge >= 0.3 is 0 Å². The van der Waals surface area contributed by atoms with Crippen LogP contribution >= 0.6 is 11.8 Å². The summed E-state index contributed by atoms with van der Waals surface area (Å²) in [7, 11) is 0. The highest BCUT2D eigenvalue weighted by Gasteiger charge is 2.12. The Bertz CT molecular complexity index is 349. The Hall–Kier alpha value is -0.470. The molecule has 0 unspecified atom stereocenters. The van der Waals surface area contributed by atoms with E-state index in [-0.39, 0.29) is 5.41 Å². The van der Waals surface area contributed by atoms with Gasteiger partial charge in [-0.05, 0) is 54.3 Å². The van der Waals surface area contributed by atoms with E-state index in [0.717, 1.165) is 19.0 Å². The summed E-state index contributed by atoms with van der Waals surface area (Å²) in [5.74, 6) is 1.94. The van der Waals surface area contributed by atoms with Crippen LogP contribution < -0.4 is 5.32 Å². The first-order chi connectivity index (χ1) is 8.89. The number of benzene rings is 1. The van der Waals surface area contributed by atoms with Gasteiger partial charge in [0.05, 0.1) is 0 Å². The Morgan fingerprint density at radius 3 is 2.26 bits per heavy atom. The van der Waals surface area contributed by atoms with Crippen LogP contribution in [-0.2, 0) is 5.41 Å². The molecule has 1 N–H and O–H groups in total. The molecule has 0 fully saturated rings. The minimum atomic E-state index is 0.254. The molecule has 0 bridgehead atoms. The maximum atomic E-state index is 3.49. The molecule has 0 aliphatic rings. The fraction of sp³-hybridized carbons (Fsp3) is 0.647. The van der Waals surface area contributed by atoms with Gasteiger partial charge in [-0.15, -0.1) is 11.8 Å². The summed E-state index contributed by atoms with van der Waals surface area (Å²) < 4.78 is 0. The van der Waals surface area contributed by atoms with Crippen molar-refractivity contribution in [3.8, 4) is 0 Å². The first kappa shape index (κ1) is 16.6. The number of thioether (sulfide) groups is 1. The first-order valence-corrected chi connectivity index (χ1v) is 8.32. The second-order valence-corrected chi connectivity index (χ2v) is 7.74. The molecule has 0 saturated carbocycles. The molecule has 0 saturated heterocycles. The topological polar surface area (TPSA) is 12.0 Å². The van der Waals surface area contributed by atoms with Gasteiger partial charge in [-0.2, -0.15) is 0 Å². The minimum absolute atomic E-state index is 0.254. The van der Waals surface area contributed by atoms with Crippen molar-refractivity contribution < 1.29 is 0 Å². The molecular weight excluding hydrogens is 250 g/mol. The SMILES string of the molecule is CC(C)CNCCCSc1ccc(C(C)(C)C)cc1. The zero-order valence-electron chi connectivity index (χ0n) is 13.1. The summed E-state index contributed by atoms with van der Waals surface area (Å²) in [6.45, 7) is 13.5. The standard InChI is InChI=1S/C17H29NS/c1-14(2)13-18-11-6-12-19-16-9-7-15(8-10-16)17(3,4)5/h7-10,14,18H,6,11-13H2,1-5H3. The number of hydrogen-bond acceptors (Lipinski definition) is 2. The van der Waals surface area contributed by atoms with E-state index in [9.17, 15) is 0 Å². The van der Waals surface area contributed by atoms with Crippen molar-refractivity contribution in [2.24, 2.45) is 5.92 Å². The Morgan fingerprint density at radius 1 is 1.11 bits per heavy atom. The molecule has 0 aliphatic heterocycles. The molecule has 0 heterocycles. The van der Waals surface area contributed by atoms with Gasteiger partial charge in [0.25, 0.3) is 0 Å². The van der Waals surface area contributed by atoms with Crippen LogP contribution in [0.3, 0.4) is 0 Å². The highest BCUT2D eigenvalue weighted by Crippen LogP contribution is 2.25. The van der Waals surface area contributed by atoms with Crippen LogP contribution in [-0.4, -0.2) is 18.8 Å². The summed E-state index contributed by atoms with van der Waals surface area (Å²) in [5.41, 5.74) is 1.67. The average molecular weight is 279 g/mol. The molecule has 0 atom stereocenters. The normalized spacial score (nSPS) is 12.1. The van der Waals surface area contributed by atoms with Gasteiger partial charge in [0.2, 0.25) is 0 Å². The van der Waals surface area contributed by atoms with Crippen molar-refractivity contribution >= 4 is 11.8 Å². The molecule has 1 aromatic carbocycles. The van der Waals surface area contributed by atoms with Gasteiger partial charge in [0, 0.05) is 4.90 Å². The lowest BCUT2D eigenvalue weighted by Crippen LogP contribution is -2.21. The van der Waals surface area contributed by atoms with E-state index >= 15 is 0 Å². The van der Waals surface area contributed by atoms with Crippen molar-refractivity contribution in [1.82, 2.24) is 5.32 Å². The van der Waals surface area contributed by atoms with Crippen molar-refractivity contribution in [3.05, 3.63) is 29.8 Å². The molecule has 0 spiro atoms.